The molecule has 1 N–H and O–H groups in total. The summed E-state index contributed by atoms with van der Waals surface area (Å²) in [6, 6.07) is 10.7. The van der Waals surface area contributed by atoms with Crippen LogP contribution in [0.4, 0.5) is 0 Å². The Kier molecular flexibility index (Phi) is 1.44. The van der Waals surface area contributed by atoms with Crippen LogP contribution >= 0.6 is 0 Å². The third kappa shape index (κ3) is 0.929. The van der Waals surface area contributed by atoms with Crippen molar-refractivity contribution in [3.63, 3.8) is 0 Å². The molecule has 1 aliphatic rings. The molecule has 10 heavy (non-hydrogen) atoms. The Morgan fingerprint density at radius 3 is 2.30 bits per heavy atom. The summed E-state index contributed by atoms with van der Waals surface area (Å²) in [6.07, 6.45) is 0. The van der Waals surface area contributed by atoms with Gasteiger partial charge in [0.15, 0.2) is 0 Å². The Balaban J connectivity index is 2.18. The van der Waals surface area contributed by atoms with Gasteiger partial charge in [-0.2, -0.15) is 0 Å². The van der Waals surface area contributed by atoms with E-state index in [1.165, 1.54) is 5.56 Å². The monoisotopic (exact) mass is 133 g/mol. The topological polar surface area (TPSA) is 12.0 Å². The smallest absolute Gasteiger partial charge is 0.00885 e. The van der Waals surface area contributed by atoms with Crippen molar-refractivity contribution in [3.8, 4) is 0 Å². The van der Waals surface area contributed by atoms with Gasteiger partial charge >= 0.3 is 0 Å². The van der Waals surface area contributed by atoms with Gasteiger partial charge in [-0.15, -0.1) is 0 Å². The lowest BCUT2D eigenvalue weighted by Crippen LogP contribution is -2.39. The van der Waals surface area contributed by atoms with E-state index in [0.29, 0.717) is 0 Å². The summed E-state index contributed by atoms with van der Waals surface area (Å²) in [6.45, 7) is 2.31. The average molecular weight is 133 g/mol. The molecule has 0 unspecified atom stereocenters. The Morgan fingerprint density at radius 2 is 1.80 bits per heavy atom. The maximum Gasteiger partial charge on any atom is 0.00885 e. The molecular formula is C9H11N. The van der Waals surface area contributed by atoms with Crippen LogP contribution in [0.3, 0.4) is 0 Å². The zero-order valence-electron chi connectivity index (χ0n) is 5.88. The minimum absolute atomic E-state index is 0.779. The van der Waals surface area contributed by atoms with Crippen molar-refractivity contribution in [3.05, 3.63) is 35.9 Å². The zero-order valence-corrected chi connectivity index (χ0v) is 5.88. The van der Waals surface area contributed by atoms with Crippen molar-refractivity contribution in [2.24, 2.45) is 0 Å². The van der Waals surface area contributed by atoms with Gasteiger partial charge in [0.25, 0.3) is 0 Å². The molecule has 0 saturated carbocycles. The predicted molar refractivity (Wildman–Crippen MR) is 42.1 cm³/mol. The molecule has 1 saturated heterocycles. The van der Waals surface area contributed by atoms with E-state index in [0.717, 1.165) is 19.0 Å². The fourth-order valence-corrected chi connectivity index (χ4v) is 1.25. The molecule has 1 fully saturated rings. The molecule has 0 amide bonds. The second-order valence-corrected chi connectivity index (χ2v) is 2.77. The van der Waals surface area contributed by atoms with Crippen molar-refractivity contribution >= 4 is 0 Å². The third-order valence-corrected chi connectivity index (χ3v) is 2.05. The van der Waals surface area contributed by atoms with Crippen LogP contribution in [0.2, 0.25) is 0 Å². The van der Waals surface area contributed by atoms with Gasteiger partial charge < -0.3 is 5.32 Å². The number of nitrogens with one attached hydrogen (secondary N) is 1. The highest BCUT2D eigenvalue weighted by atomic mass is 14.9. The molecule has 1 nitrogen and oxygen atoms in total. The largest absolute Gasteiger partial charge is 0.315 e. The predicted octanol–water partition coefficient (Wildman–Crippen LogP) is 1.37. The summed E-state index contributed by atoms with van der Waals surface area (Å²) in [4.78, 5) is 0. The molecule has 0 aliphatic carbocycles. The van der Waals surface area contributed by atoms with Crippen LogP contribution in [-0.4, -0.2) is 13.1 Å². The van der Waals surface area contributed by atoms with Crippen LogP contribution in [0, 0.1) is 0 Å². The summed E-state index contributed by atoms with van der Waals surface area (Å²) in [5.41, 5.74) is 1.47. The van der Waals surface area contributed by atoms with Gasteiger partial charge in [0.05, 0.1) is 0 Å². The summed E-state index contributed by atoms with van der Waals surface area (Å²) >= 11 is 0. The minimum atomic E-state index is 0.779. The van der Waals surface area contributed by atoms with Crippen LogP contribution in [-0.2, 0) is 0 Å². The molecule has 1 aliphatic heterocycles. The average Bonchev–Trinajstić information content (AvgIpc) is 1.86. The molecule has 0 radical (unpaired) electrons. The van der Waals surface area contributed by atoms with Crippen LogP contribution in [0.15, 0.2) is 30.3 Å². The van der Waals surface area contributed by atoms with E-state index in [9.17, 15) is 0 Å². The van der Waals surface area contributed by atoms with E-state index in [2.05, 4.69) is 35.6 Å². The Bertz CT molecular complexity index is 201. The second-order valence-electron chi connectivity index (χ2n) is 2.77. The fourth-order valence-electron chi connectivity index (χ4n) is 1.25. The van der Waals surface area contributed by atoms with Gasteiger partial charge in [0, 0.05) is 19.0 Å². The maximum absolute atomic E-state index is 3.26. The van der Waals surface area contributed by atoms with E-state index in [1.807, 2.05) is 0 Å². The lowest BCUT2D eigenvalue weighted by molar-refractivity contribution is 0.448. The molecule has 0 spiro atoms. The molecule has 1 heteroatoms. The minimum Gasteiger partial charge on any atom is -0.315 e. The highest BCUT2D eigenvalue weighted by molar-refractivity contribution is 5.22. The van der Waals surface area contributed by atoms with Crippen LogP contribution < -0.4 is 5.32 Å². The van der Waals surface area contributed by atoms with Crippen molar-refractivity contribution in [1.29, 1.82) is 0 Å². The number of benzene rings is 1. The first-order valence-corrected chi connectivity index (χ1v) is 3.72. The lowest BCUT2D eigenvalue weighted by atomic mass is 9.94. The molecular weight excluding hydrogens is 122 g/mol. The van der Waals surface area contributed by atoms with Gasteiger partial charge in [0.2, 0.25) is 0 Å². The quantitative estimate of drug-likeness (QED) is 0.610. The first-order valence-electron chi connectivity index (χ1n) is 3.72. The number of rotatable bonds is 1. The molecule has 2 rings (SSSR count). The van der Waals surface area contributed by atoms with Crippen LogP contribution in [0.25, 0.3) is 0 Å². The van der Waals surface area contributed by atoms with E-state index >= 15 is 0 Å². The number of hydrogen-bond acceptors (Lipinski definition) is 1. The van der Waals surface area contributed by atoms with Crippen molar-refractivity contribution < 1.29 is 0 Å². The summed E-state index contributed by atoms with van der Waals surface area (Å²) in [5.74, 6) is 0.779. The molecule has 1 aromatic rings. The van der Waals surface area contributed by atoms with Crippen LogP contribution in [0.5, 0.6) is 0 Å². The van der Waals surface area contributed by atoms with Gasteiger partial charge in [-0.25, -0.2) is 0 Å². The van der Waals surface area contributed by atoms with E-state index in [1.54, 1.807) is 0 Å². The summed E-state index contributed by atoms with van der Waals surface area (Å²) in [5, 5.41) is 3.26. The van der Waals surface area contributed by atoms with Gasteiger partial charge in [-0.05, 0) is 5.56 Å². The summed E-state index contributed by atoms with van der Waals surface area (Å²) in [7, 11) is 0. The first kappa shape index (κ1) is 5.93. The molecule has 1 aromatic carbocycles. The zero-order chi connectivity index (χ0) is 6.81. The molecule has 52 valence electrons. The highest BCUT2D eigenvalue weighted by Gasteiger charge is 2.17. The number of hydrogen-bond donors (Lipinski definition) is 1. The Hall–Kier alpha value is -0.820. The van der Waals surface area contributed by atoms with Gasteiger partial charge in [0.1, 0.15) is 0 Å². The molecule has 0 atom stereocenters. The highest BCUT2D eigenvalue weighted by Crippen LogP contribution is 2.18. The van der Waals surface area contributed by atoms with Crippen molar-refractivity contribution in [2.45, 2.75) is 5.92 Å². The second kappa shape index (κ2) is 2.43. The van der Waals surface area contributed by atoms with E-state index in [-0.39, 0.29) is 0 Å². The Labute approximate surface area is 61.1 Å². The molecule has 0 aromatic heterocycles. The summed E-state index contributed by atoms with van der Waals surface area (Å²) < 4.78 is 0. The van der Waals surface area contributed by atoms with Gasteiger partial charge in [-0.3, -0.25) is 0 Å². The first-order chi connectivity index (χ1) is 4.97. The van der Waals surface area contributed by atoms with Crippen molar-refractivity contribution in [2.75, 3.05) is 13.1 Å². The lowest BCUT2D eigenvalue weighted by Gasteiger charge is -2.27. The SMILES string of the molecule is c1ccc(C2CNC2)cc1. The normalized spacial score (nSPS) is 18.4. The van der Waals surface area contributed by atoms with Crippen molar-refractivity contribution in [1.82, 2.24) is 5.32 Å². The Morgan fingerprint density at radius 1 is 1.10 bits per heavy atom. The fraction of sp³-hybridized carbons (Fsp3) is 0.333. The third-order valence-electron chi connectivity index (χ3n) is 2.05. The van der Waals surface area contributed by atoms with E-state index < -0.39 is 0 Å². The van der Waals surface area contributed by atoms with Crippen LogP contribution in [0.1, 0.15) is 11.5 Å². The molecule has 1 heterocycles. The van der Waals surface area contributed by atoms with E-state index in [4.69, 9.17) is 0 Å². The molecule has 0 bridgehead atoms. The standard InChI is InChI=1S/C9H11N/c1-2-4-8(5-3-1)9-6-10-7-9/h1-5,9-10H,6-7H2. The van der Waals surface area contributed by atoms with Gasteiger partial charge in [-0.1, -0.05) is 30.3 Å². The maximum atomic E-state index is 3.26.